The average molecular weight is 282 g/mol. The number of carbonyl (C=O) groups excluding carboxylic acids is 1. The third-order valence-corrected chi connectivity index (χ3v) is 3.04. The molecule has 0 unspecified atom stereocenters. The first kappa shape index (κ1) is 13.4. The molecule has 2 heterocycles. The summed E-state index contributed by atoms with van der Waals surface area (Å²) in [6.07, 6.45) is 2.21. The van der Waals surface area contributed by atoms with E-state index in [4.69, 9.17) is 4.74 Å². The highest BCUT2D eigenvalue weighted by atomic mass is 16.5. The van der Waals surface area contributed by atoms with Gasteiger partial charge in [0.15, 0.2) is 17.4 Å². The number of ether oxygens (including phenoxy) is 1. The number of amidine groups is 2. The van der Waals surface area contributed by atoms with Crippen LogP contribution in [0.15, 0.2) is 38.2 Å². The van der Waals surface area contributed by atoms with E-state index in [1.165, 1.54) is 6.34 Å². The average Bonchev–Trinajstić information content (AvgIpc) is 2.94. The Kier molecular flexibility index (Phi) is 3.43. The van der Waals surface area contributed by atoms with E-state index in [1.807, 2.05) is 32.0 Å². The minimum Gasteiger partial charge on any atom is -0.493 e. The van der Waals surface area contributed by atoms with Gasteiger partial charge in [-0.05, 0) is 31.0 Å². The molecule has 1 aromatic carbocycles. The van der Waals surface area contributed by atoms with Crippen LogP contribution in [0.3, 0.4) is 0 Å². The van der Waals surface area contributed by atoms with Crippen molar-refractivity contribution in [3.05, 3.63) is 29.3 Å². The van der Waals surface area contributed by atoms with E-state index >= 15 is 0 Å². The molecule has 0 saturated heterocycles. The monoisotopic (exact) mass is 282 g/mol. The van der Waals surface area contributed by atoms with Crippen LogP contribution in [0.25, 0.3) is 0 Å². The van der Waals surface area contributed by atoms with Crippen LogP contribution in [0.1, 0.15) is 24.5 Å². The molecule has 6 heteroatoms. The largest absolute Gasteiger partial charge is 0.493 e. The fraction of sp³-hybridized carbons (Fsp3) is 0.267. The molecule has 0 N–H and O–H groups in total. The zero-order valence-corrected chi connectivity index (χ0v) is 11.8. The second-order valence-electron chi connectivity index (χ2n) is 4.75. The van der Waals surface area contributed by atoms with E-state index in [0.29, 0.717) is 29.6 Å². The van der Waals surface area contributed by atoms with Gasteiger partial charge < -0.3 is 4.74 Å². The molecule has 0 aromatic heterocycles. The van der Waals surface area contributed by atoms with Crippen molar-refractivity contribution in [3.63, 3.8) is 0 Å². The SMILES string of the molecule is CCCOc1cc(C)ccc1C1=NC(=O)C2=NC=NC2=N1. The standard InChI is InChI=1S/C15H14N4O2/c1-3-6-21-11-7-9(2)4-5-10(11)13-18-14-12(15(20)19-13)16-8-17-14/h4-5,7-8H,3,6H2,1-2H3. The van der Waals surface area contributed by atoms with Gasteiger partial charge in [-0.15, -0.1) is 0 Å². The molecule has 0 saturated carbocycles. The minimum atomic E-state index is -0.422. The Labute approximate surface area is 122 Å². The number of nitrogens with zero attached hydrogens (tertiary/aromatic N) is 4. The van der Waals surface area contributed by atoms with Gasteiger partial charge in [0, 0.05) is 0 Å². The minimum absolute atomic E-state index is 0.196. The lowest BCUT2D eigenvalue weighted by atomic mass is 10.1. The summed E-state index contributed by atoms with van der Waals surface area (Å²) in [4.78, 5) is 28.1. The van der Waals surface area contributed by atoms with E-state index in [9.17, 15) is 4.79 Å². The maximum atomic E-state index is 11.9. The van der Waals surface area contributed by atoms with Gasteiger partial charge in [-0.1, -0.05) is 13.0 Å². The summed E-state index contributed by atoms with van der Waals surface area (Å²) in [5, 5.41) is 0. The van der Waals surface area contributed by atoms with Crippen molar-refractivity contribution in [1.29, 1.82) is 0 Å². The van der Waals surface area contributed by atoms with Gasteiger partial charge in [-0.3, -0.25) is 4.79 Å². The zero-order valence-electron chi connectivity index (χ0n) is 11.8. The van der Waals surface area contributed by atoms with Crippen LogP contribution in [0.4, 0.5) is 0 Å². The second kappa shape index (κ2) is 5.40. The van der Waals surface area contributed by atoms with Crippen molar-refractivity contribution in [2.24, 2.45) is 20.0 Å². The number of fused-ring (bicyclic) bond motifs is 1. The first-order chi connectivity index (χ1) is 10.2. The Bertz CT molecular complexity index is 729. The molecule has 0 fully saturated rings. The molecule has 3 rings (SSSR count). The molecule has 0 bridgehead atoms. The Morgan fingerprint density at radius 1 is 1.19 bits per heavy atom. The van der Waals surface area contributed by atoms with E-state index in [0.717, 1.165) is 12.0 Å². The molecular formula is C15H14N4O2. The van der Waals surface area contributed by atoms with E-state index in [-0.39, 0.29) is 5.71 Å². The lowest BCUT2D eigenvalue weighted by Gasteiger charge is -2.13. The first-order valence-electron chi connectivity index (χ1n) is 6.75. The summed E-state index contributed by atoms with van der Waals surface area (Å²) in [7, 11) is 0. The first-order valence-corrected chi connectivity index (χ1v) is 6.75. The van der Waals surface area contributed by atoms with E-state index in [2.05, 4.69) is 20.0 Å². The summed E-state index contributed by atoms with van der Waals surface area (Å²) in [5.74, 6) is 0.885. The van der Waals surface area contributed by atoms with Crippen molar-refractivity contribution >= 4 is 29.6 Å². The quantitative estimate of drug-likeness (QED) is 0.846. The van der Waals surface area contributed by atoms with E-state index in [1.54, 1.807) is 0 Å². The molecule has 6 nitrogen and oxygen atoms in total. The molecule has 0 spiro atoms. The van der Waals surface area contributed by atoms with Crippen LogP contribution in [-0.2, 0) is 4.79 Å². The zero-order chi connectivity index (χ0) is 14.8. The molecule has 0 atom stereocenters. The predicted molar refractivity (Wildman–Crippen MR) is 81.9 cm³/mol. The fourth-order valence-corrected chi connectivity index (χ4v) is 2.03. The molecule has 2 aliphatic rings. The molecule has 21 heavy (non-hydrogen) atoms. The second-order valence-corrected chi connectivity index (χ2v) is 4.75. The predicted octanol–water partition coefficient (Wildman–Crippen LogP) is 1.95. The third-order valence-electron chi connectivity index (χ3n) is 3.04. The van der Waals surface area contributed by atoms with Crippen LogP contribution in [-0.4, -0.2) is 36.2 Å². The normalized spacial score (nSPS) is 16.3. The maximum Gasteiger partial charge on any atom is 0.301 e. The van der Waals surface area contributed by atoms with Crippen molar-refractivity contribution in [1.82, 2.24) is 0 Å². The van der Waals surface area contributed by atoms with Crippen molar-refractivity contribution < 1.29 is 9.53 Å². The maximum absolute atomic E-state index is 11.9. The van der Waals surface area contributed by atoms with Crippen molar-refractivity contribution in [2.45, 2.75) is 20.3 Å². The van der Waals surface area contributed by atoms with Gasteiger partial charge in [0.05, 0.1) is 12.2 Å². The summed E-state index contributed by atoms with van der Waals surface area (Å²) in [5.41, 5.74) is 1.96. The number of amides is 1. The molecule has 0 radical (unpaired) electrons. The van der Waals surface area contributed by atoms with Crippen LogP contribution >= 0.6 is 0 Å². The Morgan fingerprint density at radius 3 is 2.86 bits per heavy atom. The highest BCUT2D eigenvalue weighted by Gasteiger charge is 2.27. The summed E-state index contributed by atoms with van der Waals surface area (Å²) < 4.78 is 5.74. The van der Waals surface area contributed by atoms with Crippen molar-refractivity contribution in [3.8, 4) is 5.75 Å². The Hall–Kier alpha value is -2.63. The molecule has 1 amide bonds. The number of carbonyl (C=O) groups is 1. The lowest BCUT2D eigenvalue weighted by molar-refractivity contribution is -0.111. The topological polar surface area (TPSA) is 75.7 Å². The molecule has 1 aromatic rings. The number of hydrogen-bond acceptors (Lipinski definition) is 5. The molecule has 106 valence electrons. The van der Waals surface area contributed by atoms with Crippen molar-refractivity contribution in [2.75, 3.05) is 6.61 Å². The summed E-state index contributed by atoms with van der Waals surface area (Å²) in [6.45, 7) is 4.61. The highest BCUT2D eigenvalue weighted by Crippen LogP contribution is 2.23. The van der Waals surface area contributed by atoms with Gasteiger partial charge in [-0.2, -0.15) is 4.99 Å². The van der Waals surface area contributed by atoms with Crippen LogP contribution in [0.5, 0.6) is 5.75 Å². The lowest BCUT2D eigenvalue weighted by Crippen LogP contribution is -2.26. The van der Waals surface area contributed by atoms with Crippen LogP contribution < -0.4 is 4.74 Å². The number of benzene rings is 1. The van der Waals surface area contributed by atoms with Gasteiger partial charge in [0.25, 0.3) is 0 Å². The van der Waals surface area contributed by atoms with Gasteiger partial charge in [0.1, 0.15) is 12.1 Å². The number of aliphatic imine (C=N–C) groups is 4. The fourth-order valence-electron chi connectivity index (χ4n) is 2.03. The van der Waals surface area contributed by atoms with Gasteiger partial charge in [0.2, 0.25) is 0 Å². The summed E-state index contributed by atoms with van der Waals surface area (Å²) in [6, 6.07) is 5.71. The molecular weight excluding hydrogens is 268 g/mol. The van der Waals surface area contributed by atoms with Crippen LogP contribution in [0, 0.1) is 6.92 Å². The summed E-state index contributed by atoms with van der Waals surface area (Å²) >= 11 is 0. The van der Waals surface area contributed by atoms with Gasteiger partial charge >= 0.3 is 5.91 Å². The van der Waals surface area contributed by atoms with Gasteiger partial charge in [-0.25, -0.2) is 15.0 Å². The number of aryl methyl sites for hydroxylation is 1. The highest BCUT2D eigenvalue weighted by molar-refractivity contribution is 6.71. The number of rotatable bonds is 4. The Morgan fingerprint density at radius 2 is 2.05 bits per heavy atom. The smallest absolute Gasteiger partial charge is 0.301 e. The molecule has 2 aliphatic heterocycles. The van der Waals surface area contributed by atoms with E-state index < -0.39 is 5.91 Å². The number of hydrogen-bond donors (Lipinski definition) is 0. The third kappa shape index (κ3) is 2.52. The van der Waals surface area contributed by atoms with Crippen LogP contribution in [0.2, 0.25) is 0 Å². The Balaban J connectivity index is 2.02. The molecule has 0 aliphatic carbocycles.